The molecule has 0 atom stereocenters. The maximum Gasteiger partial charge on any atom is 0.255 e. The lowest BCUT2D eigenvalue weighted by Gasteiger charge is -2.14. The van der Waals surface area contributed by atoms with E-state index in [2.05, 4.69) is 64.6 Å². The predicted molar refractivity (Wildman–Crippen MR) is 224 cm³/mol. The summed E-state index contributed by atoms with van der Waals surface area (Å²) < 4.78 is 0. The molecule has 1 fully saturated rings. The smallest absolute Gasteiger partial charge is 0.255 e. The number of nitrogens with two attached hydrogens (primary N) is 4. The van der Waals surface area contributed by atoms with Gasteiger partial charge in [0.1, 0.15) is 0 Å². The van der Waals surface area contributed by atoms with Crippen molar-refractivity contribution < 1.29 is 9.59 Å². The maximum atomic E-state index is 13.9. The monoisotopic (exact) mass is 772 g/mol. The number of anilines is 2. The fourth-order valence-corrected chi connectivity index (χ4v) is 4.85. The average Bonchev–Trinajstić information content (AvgIpc) is 4.00. The van der Waals surface area contributed by atoms with Crippen LogP contribution in [0, 0.1) is 39.4 Å². The van der Waals surface area contributed by atoms with Gasteiger partial charge in [0.25, 0.3) is 11.8 Å². The minimum absolute atomic E-state index is 0.146. The zero-order valence-corrected chi connectivity index (χ0v) is 31.6. The molecule has 1 aliphatic rings. The minimum Gasteiger partial charge on any atom is -0.369 e. The topological polar surface area (TPSA) is 355 Å². The lowest BCUT2D eigenvalue weighted by atomic mass is 10.0. The van der Waals surface area contributed by atoms with Gasteiger partial charge in [-0.15, -0.1) is 0 Å². The van der Waals surface area contributed by atoms with Crippen molar-refractivity contribution in [3.8, 4) is 11.8 Å². The van der Waals surface area contributed by atoms with Crippen LogP contribution in [0.25, 0.3) is 0 Å². The number of nitrogens with one attached hydrogen (secondary N) is 10. The molecule has 0 aliphatic heterocycles. The lowest BCUT2D eigenvalue weighted by molar-refractivity contribution is 0.102. The highest BCUT2D eigenvalue weighted by atomic mass is 16.2. The van der Waals surface area contributed by atoms with Crippen molar-refractivity contribution in [2.45, 2.75) is 40.5 Å². The first-order valence-corrected chi connectivity index (χ1v) is 17.2. The van der Waals surface area contributed by atoms with Crippen LogP contribution in [0.3, 0.4) is 0 Å². The van der Waals surface area contributed by atoms with Crippen molar-refractivity contribution >= 4 is 69.9 Å². The van der Waals surface area contributed by atoms with Gasteiger partial charge in [-0.2, -0.15) is 20.4 Å². The van der Waals surface area contributed by atoms with E-state index < -0.39 is 11.8 Å². The van der Waals surface area contributed by atoms with E-state index in [1.54, 1.807) is 76.2 Å². The number of nitrogens with zero attached hydrogens (tertiary/aromatic N) is 4. The van der Waals surface area contributed by atoms with Gasteiger partial charge in [-0.25, -0.2) is 21.7 Å². The van der Waals surface area contributed by atoms with Crippen LogP contribution < -0.4 is 55.3 Å². The summed E-state index contributed by atoms with van der Waals surface area (Å²) in [5.41, 5.74) is 36.6. The van der Waals surface area contributed by atoms with E-state index in [0.717, 1.165) is 12.8 Å². The Bertz CT molecular complexity index is 2080. The minimum atomic E-state index is -0.547. The van der Waals surface area contributed by atoms with Crippen molar-refractivity contribution in [1.29, 1.82) is 21.6 Å². The summed E-state index contributed by atoms with van der Waals surface area (Å²) in [6, 6.07) is 14.8. The van der Waals surface area contributed by atoms with Gasteiger partial charge < -0.3 is 33.6 Å². The van der Waals surface area contributed by atoms with E-state index in [1.807, 2.05) is 0 Å². The van der Waals surface area contributed by atoms with Crippen molar-refractivity contribution in [3.05, 3.63) is 93.5 Å². The Labute approximate surface area is 328 Å². The molecule has 3 aromatic carbocycles. The fraction of sp³-hybridized carbons (Fsp3) is 0.189. The maximum absolute atomic E-state index is 13.9. The number of hydrogen-bond donors (Lipinski definition) is 14. The molecule has 1 saturated carbocycles. The molecule has 0 unspecified atom stereocenters. The second-order valence-corrected chi connectivity index (χ2v) is 12.7. The summed E-state index contributed by atoms with van der Waals surface area (Å²) in [6.07, 6.45) is 1.95. The first-order chi connectivity index (χ1) is 27.0. The Morgan fingerprint density at radius 2 is 0.825 bits per heavy atom. The van der Waals surface area contributed by atoms with Gasteiger partial charge in [0.05, 0.1) is 22.8 Å². The SMILES string of the molecule is C/C(=N\NC(=N)N)c1cc(NC(=O)c2cc(C#CC3CC3)cc(C(=O)Nc3cc(/C(C)=N/NC(=N)N)cc(/C(C)=N/NC(=N)N)c3)c2)cc(/C(C)=N/NC(=N)N)c1. The molecule has 0 radical (unpaired) electrons. The number of hydrogen-bond acceptors (Lipinski definition) is 10. The Morgan fingerprint density at radius 3 is 1.11 bits per heavy atom. The number of amides is 2. The van der Waals surface area contributed by atoms with E-state index in [0.29, 0.717) is 62.0 Å². The molecule has 4 rings (SSSR count). The zero-order chi connectivity index (χ0) is 41.8. The highest BCUT2D eigenvalue weighted by Crippen LogP contribution is 2.28. The van der Waals surface area contributed by atoms with Gasteiger partial charge in [0, 0.05) is 56.2 Å². The summed E-state index contributed by atoms with van der Waals surface area (Å²) in [7, 11) is 0. The number of rotatable bonds is 12. The van der Waals surface area contributed by atoms with E-state index >= 15 is 0 Å². The van der Waals surface area contributed by atoms with Crippen LogP contribution in [0.2, 0.25) is 0 Å². The first kappa shape index (κ1) is 41.7. The zero-order valence-electron chi connectivity index (χ0n) is 31.6. The molecule has 0 saturated heterocycles. The molecule has 57 heavy (non-hydrogen) atoms. The molecule has 0 spiro atoms. The third-order valence-electron chi connectivity index (χ3n) is 7.88. The largest absolute Gasteiger partial charge is 0.369 e. The summed E-state index contributed by atoms with van der Waals surface area (Å²) in [6.45, 7) is 6.73. The normalized spacial score (nSPS) is 13.0. The Hall–Kier alpha value is -8.08. The molecular weight excluding hydrogens is 729 g/mol. The molecule has 0 heterocycles. The second kappa shape index (κ2) is 18.8. The molecule has 20 heteroatoms. The number of benzene rings is 3. The van der Waals surface area contributed by atoms with Gasteiger partial charge in [0.2, 0.25) is 23.8 Å². The molecular formula is C37H44N18O2. The van der Waals surface area contributed by atoms with Gasteiger partial charge in [-0.3, -0.25) is 31.2 Å². The van der Waals surface area contributed by atoms with Crippen molar-refractivity contribution in [2.24, 2.45) is 49.3 Å². The van der Waals surface area contributed by atoms with Crippen LogP contribution in [-0.4, -0.2) is 58.5 Å². The van der Waals surface area contributed by atoms with Crippen molar-refractivity contribution in [3.63, 3.8) is 0 Å². The van der Waals surface area contributed by atoms with Crippen LogP contribution in [0.15, 0.2) is 75.0 Å². The van der Waals surface area contributed by atoms with Gasteiger partial charge in [-0.1, -0.05) is 11.8 Å². The van der Waals surface area contributed by atoms with Crippen molar-refractivity contribution in [1.82, 2.24) is 21.7 Å². The lowest BCUT2D eigenvalue weighted by Crippen LogP contribution is -2.27. The summed E-state index contributed by atoms with van der Waals surface area (Å²) >= 11 is 0. The van der Waals surface area contributed by atoms with Crippen LogP contribution in [-0.2, 0) is 0 Å². The summed E-state index contributed by atoms with van der Waals surface area (Å²) in [4.78, 5) is 27.9. The van der Waals surface area contributed by atoms with Crippen molar-refractivity contribution in [2.75, 3.05) is 10.6 Å². The van der Waals surface area contributed by atoms with E-state index in [-0.39, 0.29) is 40.9 Å². The van der Waals surface area contributed by atoms with Gasteiger partial charge in [-0.05, 0) is 95.1 Å². The Kier molecular flexibility index (Phi) is 13.7. The predicted octanol–water partition coefficient (Wildman–Crippen LogP) is 1.78. The van der Waals surface area contributed by atoms with E-state index in [1.165, 1.54) is 6.07 Å². The summed E-state index contributed by atoms with van der Waals surface area (Å²) in [5, 5.41) is 52.0. The number of hydrazone groups is 4. The molecule has 0 bridgehead atoms. The highest BCUT2D eigenvalue weighted by molar-refractivity contribution is 6.12. The fourth-order valence-electron chi connectivity index (χ4n) is 4.85. The van der Waals surface area contributed by atoms with Crippen LogP contribution in [0.4, 0.5) is 11.4 Å². The standard InChI is InChI=1S/C37H44N18O2/c1-18(48-52-34(38)39)24-11-25(19(2)49-53-35(40)41)15-30(14-24)46-32(56)28-9-23(8-7-22-5-6-22)10-29(13-28)33(57)47-31-16-26(20(3)50-54-36(42)43)12-27(17-31)21(4)51-55-37(44)45/h9-17,22H,5-6H2,1-4H3,(H,46,56)(H,47,57)(H4,38,39,52)(H4,40,41,53)(H4,42,43,54)(H4,44,45,55)/b48-18+,49-19+,50-20+,51-21+. The molecule has 20 nitrogen and oxygen atoms in total. The number of carbonyl (C=O) groups is 2. The Morgan fingerprint density at radius 1 is 0.526 bits per heavy atom. The van der Waals surface area contributed by atoms with Gasteiger partial charge in [0.15, 0.2) is 0 Å². The van der Waals surface area contributed by atoms with Crippen LogP contribution in [0.5, 0.6) is 0 Å². The molecule has 294 valence electrons. The third kappa shape index (κ3) is 13.1. The first-order valence-electron chi connectivity index (χ1n) is 17.2. The molecule has 1 aliphatic carbocycles. The molecule has 18 N–H and O–H groups in total. The molecule has 2 amide bonds. The Balaban J connectivity index is 1.74. The van der Waals surface area contributed by atoms with Crippen LogP contribution in [0.1, 0.15) is 89.1 Å². The number of guanidine groups is 4. The molecule has 0 aromatic heterocycles. The van der Waals surface area contributed by atoms with Gasteiger partial charge >= 0.3 is 0 Å². The molecule has 3 aromatic rings. The van der Waals surface area contributed by atoms with E-state index in [9.17, 15) is 9.59 Å². The second-order valence-electron chi connectivity index (χ2n) is 12.7. The quantitative estimate of drug-likeness (QED) is 0.0547. The highest BCUT2D eigenvalue weighted by Gasteiger charge is 2.19. The third-order valence-corrected chi connectivity index (χ3v) is 7.88. The van der Waals surface area contributed by atoms with Crippen LogP contribution >= 0.6 is 0 Å². The van der Waals surface area contributed by atoms with E-state index in [4.69, 9.17) is 44.6 Å². The number of carbonyl (C=O) groups excluding carboxylic acids is 2. The summed E-state index contributed by atoms with van der Waals surface area (Å²) in [5.74, 6) is 3.98. The average molecular weight is 773 g/mol.